The van der Waals surface area contributed by atoms with E-state index in [9.17, 15) is 0 Å². The first-order valence-corrected chi connectivity index (χ1v) is 11.0. The Morgan fingerprint density at radius 3 is 1.80 bits per heavy atom. The number of halogens is 1. The summed E-state index contributed by atoms with van der Waals surface area (Å²) < 4.78 is 28.6. The van der Waals surface area contributed by atoms with Crippen molar-refractivity contribution < 1.29 is 23.7 Å². The molecule has 1 saturated heterocycles. The van der Waals surface area contributed by atoms with Crippen LogP contribution in [0.15, 0.2) is 0 Å². The lowest BCUT2D eigenvalue weighted by molar-refractivity contribution is -0.105. The third kappa shape index (κ3) is 12.3. The maximum atomic E-state index is 6.20. The lowest BCUT2D eigenvalue weighted by Gasteiger charge is -2.32. The minimum Gasteiger partial charge on any atom is -0.377 e. The summed E-state index contributed by atoms with van der Waals surface area (Å²) in [5, 5.41) is 0.777. The van der Waals surface area contributed by atoms with E-state index in [1.807, 2.05) is 0 Å². The predicted octanol–water partition coefficient (Wildman–Crippen LogP) is 3.97. The topological polar surface area (TPSA) is 46.2 Å². The lowest BCUT2D eigenvalue weighted by atomic mass is 9.98. The Kier molecular flexibility index (Phi) is 15.3. The zero-order chi connectivity index (χ0) is 18.1. The second-order valence-electron chi connectivity index (χ2n) is 6.57. The molecular weight excluding hydrogens is 388 g/mol. The van der Waals surface area contributed by atoms with Gasteiger partial charge in [0.2, 0.25) is 0 Å². The Balaban J connectivity index is 2.39. The maximum absolute atomic E-state index is 6.20. The Labute approximate surface area is 162 Å². The van der Waals surface area contributed by atoms with Gasteiger partial charge in [0.1, 0.15) is 5.60 Å². The molecule has 0 saturated carbocycles. The van der Waals surface area contributed by atoms with Gasteiger partial charge in [-0.05, 0) is 6.42 Å². The van der Waals surface area contributed by atoms with Crippen molar-refractivity contribution in [1.82, 2.24) is 0 Å². The van der Waals surface area contributed by atoms with Crippen molar-refractivity contribution in [3.8, 4) is 0 Å². The van der Waals surface area contributed by atoms with Gasteiger partial charge < -0.3 is 23.7 Å². The first-order chi connectivity index (χ1) is 12.3. The number of hydrogen-bond acceptors (Lipinski definition) is 5. The summed E-state index contributed by atoms with van der Waals surface area (Å²) in [6, 6.07) is 0. The molecule has 1 unspecified atom stereocenters. The van der Waals surface area contributed by atoms with E-state index in [2.05, 4.69) is 22.9 Å². The van der Waals surface area contributed by atoms with Crippen molar-refractivity contribution in [3.05, 3.63) is 0 Å². The molecule has 1 rings (SSSR count). The van der Waals surface area contributed by atoms with Crippen LogP contribution in [0.5, 0.6) is 0 Å². The van der Waals surface area contributed by atoms with Gasteiger partial charge in [0.05, 0.1) is 59.5 Å². The average molecular weight is 425 g/mol. The monoisotopic (exact) mass is 424 g/mol. The fourth-order valence-electron chi connectivity index (χ4n) is 2.79. The zero-order valence-corrected chi connectivity index (χ0v) is 17.5. The molecule has 0 amide bonds. The number of alkyl halides is 1. The van der Waals surface area contributed by atoms with E-state index in [1.54, 1.807) is 0 Å². The van der Waals surface area contributed by atoms with E-state index in [4.69, 9.17) is 23.7 Å². The zero-order valence-electron chi connectivity index (χ0n) is 15.9. The molecule has 1 atom stereocenters. The van der Waals surface area contributed by atoms with E-state index in [1.165, 1.54) is 38.5 Å². The quantitative estimate of drug-likeness (QED) is 0.435. The smallest absolute Gasteiger partial charge is 0.101 e. The summed E-state index contributed by atoms with van der Waals surface area (Å²) in [6.07, 6.45) is 8.71. The van der Waals surface area contributed by atoms with Gasteiger partial charge in [-0.25, -0.2) is 0 Å². The van der Waals surface area contributed by atoms with Crippen molar-refractivity contribution in [3.63, 3.8) is 0 Å². The van der Waals surface area contributed by atoms with Gasteiger partial charge in [0.25, 0.3) is 0 Å². The molecule has 0 N–H and O–H groups in total. The molecule has 0 aromatic rings. The Morgan fingerprint density at radius 1 is 0.680 bits per heavy atom. The average Bonchev–Trinajstić information content (AvgIpc) is 2.64. The van der Waals surface area contributed by atoms with Gasteiger partial charge in [0.15, 0.2) is 0 Å². The van der Waals surface area contributed by atoms with Crippen molar-refractivity contribution in [2.75, 3.05) is 64.8 Å². The van der Waals surface area contributed by atoms with Gasteiger partial charge in [-0.15, -0.1) is 0 Å². The van der Waals surface area contributed by atoms with Gasteiger partial charge in [-0.1, -0.05) is 61.4 Å². The van der Waals surface area contributed by atoms with E-state index in [-0.39, 0.29) is 5.60 Å². The molecular formula is C19H37BrO5. The second kappa shape index (κ2) is 16.5. The summed E-state index contributed by atoms with van der Waals surface area (Å²) in [5.41, 5.74) is -0.273. The molecule has 5 nitrogen and oxygen atoms in total. The van der Waals surface area contributed by atoms with Crippen molar-refractivity contribution in [2.45, 2.75) is 57.5 Å². The molecule has 0 radical (unpaired) electrons. The van der Waals surface area contributed by atoms with Crippen LogP contribution in [0.25, 0.3) is 0 Å². The minimum absolute atomic E-state index is 0.273. The first-order valence-electron chi connectivity index (χ1n) is 9.84. The summed E-state index contributed by atoms with van der Waals surface area (Å²) in [6.45, 7) is 7.59. The molecule has 0 aromatic heterocycles. The maximum Gasteiger partial charge on any atom is 0.101 e. The van der Waals surface area contributed by atoms with Gasteiger partial charge >= 0.3 is 0 Å². The van der Waals surface area contributed by atoms with Crippen LogP contribution in [0.4, 0.5) is 0 Å². The lowest BCUT2D eigenvalue weighted by Crippen LogP contribution is -2.41. The van der Waals surface area contributed by atoms with E-state index in [0.717, 1.165) is 11.8 Å². The van der Waals surface area contributed by atoms with E-state index < -0.39 is 0 Å². The third-order valence-corrected chi connectivity index (χ3v) is 5.37. The summed E-state index contributed by atoms with van der Waals surface area (Å²) in [4.78, 5) is 0. The van der Waals surface area contributed by atoms with Crippen molar-refractivity contribution in [2.24, 2.45) is 0 Å². The van der Waals surface area contributed by atoms with Crippen LogP contribution in [0, 0.1) is 0 Å². The van der Waals surface area contributed by atoms with Crippen LogP contribution in [-0.4, -0.2) is 70.4 Å². The highest BCUT2D eigenvalue weighted by molar-refractivity contribution is 9.09. The fourth-order valence-corrected chi connectivity index (χ4v) is 3.40. The number of rotatable bonds is 8. The normalized spacial score (nSPS) is 25.2. The SMILES string of the molecule is CCCCCCCCC1(CBr)COCCOCCOCCOCCO1. The predicted molar refractivity (Wildman–Crippen MR) is 104 cm³/mol. The summed E-state index contributed by atoms with van der Waals surface area (Å²) in [7, 11) is 0. The molecule has 1 fully saturated rings. The van der Waals surface area contributed by atoms with Crippen molar-refractivity contribution >= 4 is 15.9 Å². The van der Waals surface area contributed by atoms with Crippen LogP contribution < -0.4 is 0 Å². The van der Waals surface area contributed by atoms with Crippen LogP contribution in [0.1, 0.15) is 51.9 Å². The highest BCUT2D eigenvalue weighted by atomic mass is 79.9. The van der Waals surface area contributed by atoms with E-state index >= 15 is 0 Å². The van der Waals surface area contributed by atoms with Gasteiger partial charge in [0, 0.05) is 5.33 Å². The van der Waals surface area contributed by atoms with Crippen LogP contribution in [0.3, 0.4) is 0 Å². The molecule has 6 heteroatoms. The second-order valence-corrected chi connectivity index (χ2v) is 7.13. The third-order valence-electron chi connectivity index (χ3n) is 4.35. The molecule has 150 valence electrons. The Hall–Kier alpha value is 0.280. The summed E-state index contributed by atoms with van der Waals surface area (Å²) >= 11 is 3.65. The molecule has 1 heterocycles. The van der Waals surface area contributed by atoms with Crippen molar-refractivity contribution in [1.29, 1.82) is 0 Å². The molecule has 1 aliphatic rings. The molecule has 0 bridgehead atoms. The number of ether oxygens (including phenoxy) is 5. The van der Waals surface area contributed by atoms with Crippen LogP contribution in [-0.2, 0) is 23.7 Å². The largest absolute Gasteiger partial charge is 0.377 e. The molecule has 0 aromatic carbocycles. The molecule has 0 spiro atoms. The van der Waals surface area contributed by atoms with Crippen LogP contribution in [0.2, 0.25) is 0 Å². The van der Waals surface area contributed by atoms with Gasteiger partial charge in [-0.2, -0.15) is 0 Å². The fraction of sp³-hybridized carbons (Fsp3) is 1.00. The first kappa shape index (κ1) is 23.3. The molecule has 0 aliphatic carbocycles. The highest BCUT2D eigenvalue weighted by Crippen LogP contribution is 2.24. The number of hydrogen-bond donors (Lipinski definition) is 0. The Bertz CT molecular complexity index is 275. The molecule has 1 aliphatic heterocycles. The minimum atomic E-state index is -0.273. The number of unbranched alkanes of at least 4 members (excludes halogenated alkanes) is 5. The highest BCUT2D eigenvalue weighted by Gasteiger charge is 2.30. The summed E-state index contributed by atoms with van der Waals surface area (Å²) in [5.74, 6) is 0. The van der Waals surface area contributed by atoms with Gasteiger partial charge in [-0.3, -0.25) is 0 Å². The van der Waals surface area contributed by atoms with E-state index in [0.29, 0.717) is 59.5 Å². The molecule has 25 heavy (non-hydrogen) atoms. The standard InChI is InChI=1S/C19H37BrO5/c1-2-3-4-5-6-7-8-19(17-20)18-24-14-13-22-10-9-21-11-12-23-15-16-25-19/h2-18H2,1H3. The van der Waals surface area contributed by atoms with Crippen LogP contribution >= 0.6 is 15.9 Å². The Morgan fingerprint density at radius 2 is 1.20 bits per heavy atom.